The van der Waals surface area contributed by atoms with Gasteiger partial charge in [-0.25, -0.2) is 9.37 Å². The van der Waals surface area contributed by atoms with Gasteiger partial charge in [0.1, 0.15) is 11.0 Å². The number of hydrogen-bond donors (Lipinski definition) is 0. The molecule has 0 aliphatic heterocycles. The Hall–Kier alpha value is -1.15. The van der Waals surface area contributed by atoms with Crippen LogP contribution in [0.2, 0.25) is 5.15 Å². The number of aryl methyl sites for hydroxylation is 1. The number of aromatic nitrogens is 1. The Balaban J connectivity index is 2.77. The first-order valence-electron chi connectivity index (χ1n) is 4.45. The van der Waals surface area contributed by atoms with Crippen LogP contribution in [-0.2, 0) is 6.42 Å². The molecule has 1 heterocycles. The van der Waals surface area contributed by atoms with Crippen molar-refractivity contribution in [2.45, 2.75) is 13.3 Å². The monoisotopic (exact) mass is 209 g/mol. The van der Waals surface area contributed by atoms with Gasteiger partial charge in [-0.05, 0) is 36.1 Å². The first kappa shape index (κ1) is 9.41. The summed E-state index contributed by atoms with van der Waals surface area (Å²) in [6, 6.07) is 6.38. The molecular formula is C11H9ClFN. The molecule has 72 valence electrons. The third-order valence-electron chi connectivity index (χ3n) is 2.16. The van der Waals surface area contributed by atoms with Crippen LogP contribution in [0.5, 0.6) is 0 Å². The highest BCUT2D eigenvalue weighted by Crippen LogP contribution is 2.23. The molecule has 1 aromatic heterocycles. The summed E-state index contributed by atoms with van der Waals surface area (Å²) in [6.07, 6.45) is 0.798. The lowest BCUT2D eigenvalue weighted by Crippen LogP contribution is -1.89. The van der Waals surface area contributed by atoms with E-state index < -0.39 is 0 Å². The Morgan fingerprint density at radius 2 is 2.14 bits per heavy atom. The van der Waals surface area contributed by atoms with Gasteiger partial charge in [0.25, 0.3) is 0 Å². The molecule has 0 radical (unpaired) electrons. The summed E-state index contributed by atoms with van der Waals surface area (Å²) in [6.45, 7) is 1.99. The molecule has 0 spiro atoms. The Kier molecular flexibility index (Phi) is 2.38. The van der Waals surface area contributed by atoms with Gasteiger partial charge in [-0.3, -0.25) is 0 Å². The second kappa shape index (κ2) is 3.54. The third-order valence-corrected chi connectivity index (χ3v) is 2.45. The maximum atomic E-state index is 12.9. The fourth-order valence-corrected chi connectivity index (χ4v) is 1.70. The van der Waals surface area contributed by atoms with E-state index in [0.29, 0.717) is 5.15 Å². The zero-order valence-corrected chi connectivity index (χ0v) is 8.48. The second-order valence-electron chi connectivity index (χ2n) is 3.12. The Morgan fingerprint density at radius 3 is 2.86 bits per heavy atom. The Labute approximate surface area is 86.5 Å². The van der Waals surface area contributed by atoms with E-state index in [1.807, 2.05) is 13.0 Å². The van der Waals surface area contributed by atoms with E-state index >= 15 is 0 Å². The lowest BCUT2D eigenvalue weighted by Gasteiger charge is -2.03. The average Bonchev–Trinajstić information content (AvgIpc) is 2.16. The van der Waals surface area contributed by atoms with Gasteiger partial charge in [0, 0.05) is 11.1 Å². The fraction of sp³-hybridized carbons (Fsp3) is 0.182. The molecule has 2 rings (SSSR count). The van der Waals surface area contributed by atoms with Crippen LogP contribution in [-0.4, -0.2) is 4.98 Å². The van der Waals surface area contributed by atoms with Crippen LogP contribution < -0.4 is 0 Å². The molecule has 0 N–H and O–H groups in total. The van der Waals surface area contributed by atoms with Crippen molar-refractivity contribution in [1.82, 2.24) is 4.98 Å². The smallest absolute Gasteiger partial charge is 0.137 e. The number of pyridine rings is 1. The first-order chi connectivity index (χ1) is 6.70. The SMILES string of the molecule is CCc1cc2cc(F)ccc2c(Cl)n1. The molecule has 0 aliphatic carbocycles. The lowest BCUT2D eigenvalue weighted by molar-refractivity contribution is 0.629. The molecule has 0 atom stereocenters. The van der Waals surface area contributed by atoms with Crippen molar-refractivity contribution in [3.63, 3.8) is 0 Å². The van der Waals surface area contributed by atoms with Crippen molar-refractivity contribution in [3.05, 3.63) is 40.9 Å². The standard InChI is InChI=1S/C11H9ClFN/c1-2-9-6-7-5-8(13)3-4-10(7)11(12)14-9/h3-6H,2H2,1H3. The largest absolute Gasteiger partial charge is 0.240 e. The van der Waals surface area contributed by atoms with E-state index in [0.717, 1.165) is 22.9 Å². The molecule has 0 saturated carbocycles. The van der Waals surface area contributed by atoms with Gasteiger partial charge in [0.05, 0.1) is 0 Å². The molecule has 0 saturated heterocycles. The van der Waals surface area contributed by atoms with Crippen molar-refractivity contribution in [2.75, 3.05) is 0 Å². The van der Waals surface area contributed by atoms with Crippen LogP contribution in [0, 0.1) is 5.82 Å². The number of benzene rings is 1. The van der Waals surface area contributed by atoms with E-state index in [1.54, 1.807) is 6.07 Å². The summed E-state index contributed by atoms with van der Waals surface area (Å²) >= 11 is 5.96. The molecule has 14 heavy (non-hydrogen) atoms. The number of nitrogens with zero attached hydrogens (tertiary/aromatic N) is 1. The molecule has 2 aromatic rings. The minimum absolute atomic E-state index is 0.248. The van der Waals surface area contributed by atoms with Crippen LogP contribution in [0.3, 0.4) is 0 Å². The van der Waals surface area contributed by atoms with Crippen molar-refractivity contribution >= 4 is 22.4 Å². The van der Waals surface area contributed by atoms with E-state index in [2.05, 4.69) is 4.98 Å². The minimum atomic E-state index is -0.248. The Morgan fingerprint density at radius 1 is 1.36 bits per heavy atom. The van der Waals surface area contributed by atoms with Gasteiger partial charge >= 0.3 is 0 Å². The van der Waals surface area contributed by atoms with Gasteiger partial charge in [-0.1, -0.05) is 18.5 Å². The van der Waals surface area contributed by atoms with E-state index in [1.165, 1.54) is 12.1 Å². The highest BCUT2D eigenvalue weighted by Gasteiger charge is 2.03. The summed E-state index contributed by atoms with van der Waals surface area (Å²) in [4.78, 5) is 4.19. The van der Waals surface area contributed by atoms with Crippen molar-refractivity contribution < 1.29 is 4.39 Å². The maximum absolute atomic E-state index is 12.9. The van der Waals surface area contributed by atoms with Crippen LogP contribution >= 0.6 is 11.6 Å². The number of rotatable bonds is 1. The van der Waals surface area contributed by atoms with E-state index in [4.69, 9.17) is 11.6 Å². The molecule has 0 amide bonds. The maximum Gasteiger partial charge on any atom is 0.137 e. The molecule has 0 aliphatic rings. The van der Waals surface area contributed by atoms with Gasteiger partial charge in [-0.2, -0.15) is 0 Å². The molecule has 1 aromatic carbocycles. The third kappa shape index (κ3) is 1.58. The topological polar surface area (TPSA) is 12.9 Å². The van der Waals surface area contributed by atoms with E-state index in [9.17, 15) is 4.39 Å². The highest BCUT2D eigenvalue weighted by molar-refractivity contribution is 6.34. The van der Waals surface area contributed by atoms with Gasteiger partial charge in [0.15, 0.2) is 0 Å². The lowest BCUT2D eigenvalue weighted by atomic mass is 10.1. The number of fused-ring (bicyclic) bond motifs is 1. The van der Waals surface area contributed by atoms with Crippen LogP contribution in [0.15, 0.2) is 24.3 Å². The summed E-state index contributed by atoms with van der Waals surface area (Å²) in [5.74, 6) is -0.248. The second-order valence-corrected chi connectivity index (χ2v) is 3.48. The van der Waals surface area contributed by atoms with Gasteiger partial charge in [-0.15, -0.1) is 0 Å². The van der Waals surface area contributed by atoms with Crippen LogP contribution in [0.4, 0.5) is 4.39 Å². The van der Waals surface area contributed by atoms with Crippen LogP contribution in [0.1, 0.15) is 12.6 Å². The van der Waals surface area contributed by atoms with Crippen LogP contribution in [0.25, 0.3) is 10.8 Å². The molecule has 0 fully saturated rings. The molecule has 0 unspecified atom stereocenters. The highest BCUT2D eigenvalue weighted by atomic mass is 35.5. The quantitative estimate of drug-likeness (QED) is 0.654. The van der Waals surface area contributed by atoms with Crippen molar-refractivity contribution in [2.24, 2.45) is 0 Å². The van der Waals surface area contributed by atoms with Crippen molar-refractivity contribution in [1.29, 1.82) is 0 Å². The fourth-order valence-electron chi connectivity index (χ4n) is 1.42. The molecular weight excluding hydrogens is 201 g/mol. The summed E-state index contributed by atoms with van der Waals surface area (Å²) < 4.78 is 12.9. The summed E-state index contributed by atoms with van der Waals surface area (Å²) in [5.41, 5.74) is 0.883. The molecule has 1 nitrogen and oxygen atoms in total. The predicted molar refractivity (Wildman–Crippen MR) is 56.1 cm³/mol. The van der Waals surface area contributed by atoms with E-state index in [-0.39, 0.29) is 5.82 Å². The summed E-state index contributed by atoms with van der Waals surface area (Å²) in [5, 5.41) is 2.05. The number of hydrogen-bond acceptors (Lipinski definition) is 1. The average molecular weight is 210 g/mol. The van der Waals surface area contributed by atoms with Crippen molar-refractivity contribution in [3.8, 4) is 0 Å². The predicted octanol–water partition coefficient (Wildman–Crippen LogP) is 3.59. The minimum Gasteiger partial charge on any atom is -0.240 e. The zero-order valence-electron chi connectivity index (χ0n) is 7.72. The summed E-state index contributed by atoms with van der Waals surface area (Å²) in [7, 11) is 0. The normalized spacial score (nSPS) is 10.8. The van der Waals surface area contributed by atoms with Gasteiger partial charge < -0.3 is 0 Å². The zero-order chi connectivity index (χ0) is 10.1. The molecule has 0 bridgehead atoms. The van der Waals surface area contributed by atoms with Gasteiger partial charge in [0.2, 0.25) is 0 Å². The first-order valence-corrected chi connectivity index (χ1v) is 4.83. The Bertz CT molecular complexity index is 482. The number of halogens is 2. The molecule has 3 heteroatoms.